The zero-order chi connectivity index (χ0) is 19.9. The summed E-state index contributed by atoms with van der Waals surface area (Å²) in [6, 6.07) is 0. The van der Waals surface area contributed by atoms with Crippen LogP contribution in [-0.2, 0) is 11.0 Å². The van der Waals surface area contributed by atoms with Gasteiger partial charge in [0.15, 0.2) is 11.5 Å². The highest BCUT2D eigenvalue weighted by Crippen LogP contribution is 2.29. The number of hydrogen-bond acceptors (Lipinski definition) is 5. The summed E-state index contributed by atoms with van der Waals surface area (Å²) in [4.78, 5) is 12.2. The highest BCUT2D eigenvalue weighted by molar-refractivity contribution is 5.80. The van der Waals surface area contributed by atoms with Crippen molar-refractivity contribution in [2.45, 2.75) is 26.2 Å². The minimum absolute atomic E-state index is 0.0888. The number of halogens is 6. The van der Waals surface area contributed by atoms with Crippen LogP contribution >= 0.6 is 0 Å². The molecule has 0 unspecified atom stereocenters. The molecule has 0 saturated heterocycles. The summed E-state index contributed by atoms with van der Waals surface area (Å²) in [5, 5.41) is 12.7. The number of rotatable bonds is 4. The van der Waals surface area contributed by atoms with Crippen LogP contribution in [0.4, 0.5) is 32.2 Å². The molecule has 0 atom stereocenters. The van der Waals surface area contributed by atoms with Gasteiger partial charge in [-0.1, -0.05) is 0 Å². The van der Waals surface area contributed by atoms with Gasteiger partial charge in [-0.05, 0) is 19.4 Å². The van der Waals surface area contributed by atoms with Gasteiger partial charge in [0.05, 0.1) is 6.54 Å². The van der Waals surface area contributed by atoms with Crippen molar-refractivity contribution in [3.63, 3.8) is 0 Å². The third kappa shape index (κ3) is 4.14. The third-order valence-electron chi connectivity index (χ3n) is 3.60. The van der Waals surface area contributed by atoms with Crippen LogP contribution in [0.25, 0.3) is 5.65 Å². The fourth-order valence-corrected chi connectivity index (χ4v) is 2.12. The van der Waals surface area contributed by atoms with Crippen LogP contribution in [0.5, 0.6) is 0 Å². The van der Waals surface area contributed by atoms with E-state index in [1.54, 1.807) is 0 Å². The van der Waals surface area contributed by atoms with Crippen LogP contribution in [-0.4, -0.2) is 56.9 Å². The lowest BCUT2D eigenvalue weighted by Crippen LogP contribution is -2.39. The van der Waals surface area contributed by atoms with Gasteiger partial charge in [-0.3, -0.25) is 4.79 Å². The molecule has 0 aliphatic heterocycles. The van der Waals surface area contributed by atoms with Gasteiger partial charge in [0.2, 0.25) is 5.91 Å². The molecule has 0 aliphatic rings. The maximum absolute atomic E-state index is 12.9. The van der Waals surface area contributed by atoms with Gasteiger partial charge in [-0.2, -0.15) is 30.9 Å². The Hall–Kier alpha value is -2.60. The number of anilines is 1. The van der Waals surface area contributed by atoms with Crippen molar-refractivity contribution in [3.05, 3.63) is 17.0 Å². The quantitative estimate of drug-likeness (QED) is 0.818. The smallest absolute Gasteiger partial charge is 0.359 e. The van der Waals surface area contributed by atoms with Crippen molar-refractivity contribution < 1.29 is 31.1 Å². The van der Waals surface area contributed by atoms with E-state index < -0.39 is 37.2 Å². The first-order chi connectivity index (χ1) is 11.8. The maximum Gasteiger partial charge on any atom is 0.453 e. The van der Waals surface area contributed by atoms with Gasteiger partial charge in [0.25, 0.3) is 5.82 Å². The number of likely N-dealkylation sites (N-methyl/N-ethyl adjacent to an activating group) is 1. The fourth-order valence-electron chi connectivity index (χ4n) is 2.12. The molecule has 26 heavy (non-hydrogen) atoms. The van der Waals surface area contributed by atoms with E-state index in [0.717, 1.165) is 7.05 Å². The molecule has 13 heteroatoms. The van der Waals surface area contributed by atoms with E-state index in [4.69, 9.17) is 0 Å². The first-order valence-electron chi connectivity index (χ1n) is 7.15. The van der Waals surface area contributed by atoms with E-state index >= 15 is 0 Å². The average molecular weight is 384 g/mol. The van der Waals surface area contributed by atoms with Crippen LogP contribution in [0.1, 0.15) is 17.0 Å². The van der Waals surface area contributed by atoms with E-state index in [-0.39, 0.29) is 11.5 Å². The molecule has 144 valence electrons. The number of amides is 1. The first kappa shape index (κ1) is 19.7. The van der Waals surface area contributed by atoms with E-state index in [1.165, 1.54) is 13.8 Å². The standard InChI is InChI=1S/C13H14F6N6O/c1-6-7(2)10-21-22-11(13(17,18)19)25(10)23-9(6)20-4-8(26)24(3)5-12(14,15)16/h4-5H2,1-3H3,(H,20,23). The second kappa shape index (κ2) is 6.61. The Morgan fingerprint density at radius 1 is 1.12 bits per heavy atom. The summed E-state index contributed by atoms with van der Waals surface area (Å²) in [6.07, 6.45) is -9.35. The monoisotopic (exact) mass is 384 g/mol. The Balaban J connectivity index is 2.27. The second-order valence-corrected chi connectivity index (χ2v) is 5.57. The molecule has 2 rings (SSSR count). The van der Waals surface area contributed by atoms with Crippen molar-refractivity contribution in [1.82, 2.24) is 24.7 Å². The van der Waals surface area contributed by atoms with Gasteiger partial charge in [0.1, 0.15) is 6.54 Å². The van der Waals surface area contributed by atoms with Crippen LogP contribution < -0.4 is 5.32 Å². The largest absolute Gasteiger partial charge is 0.453 e. The van der Waals surface area contributed by atoms with Gasteiger partial charge >= 0.3 is 12.4 Å². The van der Waals surface area contributed by atoms with Crippen molar-refractivity contribution in [2.75, 3.05) is 25.5 Å². The number of fused-ring (bicyclic) bond motifs is 1. The van der Waals surface area contributed by atoms with Crippen molar-refractivity contribution >= 4 is 17.4 Å². The van der Waals surface area contributed by atoms with Gasteiger partial charge in [-0.15, -0.1) is 15.3 Å². The van der Waals surface area contributed by atoms with Crippen molar-refractivity contribution in [1.29, 1.82) is 0 Å². The Kier molecular flexibility index (Phi) is 5.01. The van der Waals surface area contributed by atoms with Gasteiger partial charge < -0.3 is 10.2 Å². The molecule has 1 N–H and O–H groups in total. The zero-order valence-electron chi connectivity index (χ0n) is 13.8. The predicted molar refractivity (Wildman–Crippen MR) is 77.4 cm³/mol. The molecule has 0 spiro atoms. The average Bonchev–Trinajstić information content (AvgIpc) is 2.91. The minimum Gasteiger partial charge on any atom is -0.359 e. The Morgan fingerprint density at radius 3 is 2.27 bits per heavy atom. The zero-order valence-corrected chi connectivity index (χ0v) is 13.8. The SMILES string of the molecule is Cc1c(NCC(=O)N(C)CC(F)(F)F)nn2c(C(F)(F)F)nnc2c1C. The molecule has 0 fully saturated rings. The summed E-state index contributed by atoms with van der Waals surface area (Å²) < 4.78 is 76.2. The Labute approximate surface area is 143 Å². The molecule has 0 aromatic carbocycles. The molecule has 0 aliphatic carbocycles. The van der Waals surface area contributed by atoms with Gasteiger partial charge in [0, 0.05) is 12.6 Å². The lowest BCUT2D eigenvalue weighted by molar-refractivity contribution is -0.157. The number of carbonyl (C=O) groups is 1. The minimum atomic E-state index is -4.80. The highest BCUT2D eigenvalue weighted by Gasteiger charge is 2.38. The number of nitrogens with zero attached hydrogens (tertiary/aromatic N) is 5. The number of nitrogens with one attached hydrogen (secondary N) is 1. The Bertz CT molecular complexity index is 827. The van der Waals surface area contributed by atoms with E-state index in [9.17, 15) is 31.1 Å². The molecular formula is C13H14F6N6O. The summed E-state index contributed by atoms with van der Waals surface area (Å²) in [5.41, 5.74) is 0.618. The van der Waals surface area contributed by atoms with Crippen LogP contribution in [0.15, 0.2) is 0 Å². The number of aryl methyl sites for hydroxylation is 1. The van der Waals surface area contributed by atoms with Crippen molar-refractivity contribution in [2.24, 2.45) is 0 Å². The lowest BCUT2D eigenvalue weighted by atomic mass is 10.2. The van der Waals surface area contributed by atoms with Crippen molar-refractivity contribution in [3.8, 4) is 0 Å². The highest BCUT2D eigenvalue weighted by atomic mass is 19.4. The fraction of sp³-hybridized carbons (Fsp3) is 0.538. The molecule has 2 aromatic rings. The van der Waals surface area contributed by atoms with Crippen LogP contribution in [0, 0.1) is 13.8 Å². The van der Waals surface area contributed by atoms with E-state index in [1.807, 2.05) is 0 Å². The third-order valence-corrected chi connectivity index (χ3v) is 3.60. The number of alkyl halides is 6. The number of carbonyl (C=O) groups excluding carboxylic acids is 1. The topological polar surface area (TPSA) is 75.4 Å². The summed E-state index contributed by atoms with van der Waals surface area (Å²) in [7, 11) is 0.966. The molecule has 2 aromatic heterocycles. The second-order valence-electron chi connectivity index (χ2n) is 5.57. The summed E-state index contributed by atoms with van der Waals surface area (Å²) >= 11 is 0. The molecule has 0 bridgehead atoms. The number of aromatic nitrogens is 4. The predicted octanol–water partition coefficient (Wildman–Crippen LogP) is 2.19. The number of hydrogen-bond donors (Lipinski definition) is 1. The molecule has 0 saturated carbocycles. The molecule has 2 heterocycles. The summed E-state index contributed by atoms with van der Waals surface area (Å²) in [6.45, 7) is 0.997. The van der Waals surface area contributed by atoms with E-state index in [2.05, 4.69) is 20.6 Å². The molecular weight excluding hydrogens is 370 g/mol. The van der Waals surface area contributed by atoms with Crippen LogP contribution in [0.2, 0.25) is 0 Å². The molecule has 0 radical (unpaired) electrons. The van der Waals surface area contributed by atoms with E-state index in [0.29, 0.717) is 20.5 Å². The normalized spacial score (nSPS) is 12.5. The Morgan fingerprint density at radius 2 is 1.73 bits per heavy atom. The first-order valence-corrected chi connectivity index (χ1v) is 7.15. The summed E-state index contributed by atoms with van der Waals surface area (Å²) in [5.74, 6) is -2.34. The lowest BCUT2D eigenvalue weighted by Gasteiger charge is -2.19. The van der Waals surface area contributed by atoms with Crippen LogP contribution in [0.3, 0.4) is 0 Å². The molecule has 1 amide bonds. The van der Waals surface area contributed by atoms with Gasteiger partial charge in [-0.25, -0.2) is 0 Å². The molecule has 7 nitrogen and oxygen atoms in total. The maximum atomic E-state index is 12.9.